The number of hydrogen-bond acceptors (Lipinski definition) is 7. The van der Waals surface area contributed by atoms with Crippen molar-refractivity contribution >= 4 is 35.1 Å². The first-order valence-electron chi connectivity index (χ1n) is 13.1. The lowest BCUT2D eigenvalue weighted by Gasteiger charge is -2.19. The normalized spacial score (nSPS) is 18.4. The summed E-state index contributed by atoms with van der Waals surface area (Å²) in [4.78, 5) is 44.4. The molecule has 1 N–H and O–H groups in total. The Kier molecular flexibility index (Phi) is 6.92. The van der Waals surface area contributed by atoms with Crippen molar-refractivity contribution in [3.63, 3.8) is 0 Å². The molecule has 2 fully saturated rings. The summed E-state index contributed by atoms with van der Waals surface area (Å²) < 4.78 is 43.6. The van der Waals surface area contributed by atoms with Crippen molar-refractivity contribution in [2.45, 2.75) is 39.7 Å². The van der Waals surface area contributed by atoms with E-state index in [2.05, 4.69) is 30.4 Å². The first kappa shape index (κ1) is 27.8. The van der Waals surface area contributed by atoms with Crippen molar-refractivity contribution in [3.8, 4) is 11.3 Å². The van der Waals surface area contributed by atoms with Crippen LogP contribution in [0.15, 0.2) is 36.9 Å². The molecule has 2 unspecified atom stereocenters. The molecule has 3 atom stereocenters. The van der Waals surface area contributed by atoms with Crippen LogP contribution in [0.2, 0.25) is 5.02 Å². The number of piperidine rings is 1. The molecule has 1 aromatic carbocycles. The van der Waals surface area contributed by atoms with Crippen LogP contribution in [0.5, 0.6) is 0 Å². The summed E-state index contributed by atoms with van der Waals surface area (Å²) in [7, 11) is 0. The largest absolute Gasteiger partial charge is 0.318 e. The van der Waals surface area contributed by atoms with Gasteiger partial charge in [0.05, 0.1) is 40.5 Å². The lowest BCUT2D eigenvalue weighted by Crippen LogP contribution is -2.30. The zero-order valence-electron chi connectivity index (χ0n) is 22.6. The minimum Gasteiger partial charge on any atom is -0.318 e. The molecule has 0 spiro atoms. The van der Waals surface area contributed by atoms with Crippen LogP contribution in [0.4, 0.5) is 24.8 Å². The van der Waals surface area contributed by atoms with E-state index in [9.17, 15) is 22.8 Å². The van der Waals surface area contributed by atoms with Crippen LogP contribution in [0.25, 0.3) is 11.3 Å². The number of aryl methyl sites for hydroxylation is 2. The van der Waals surface area contributed by atoms with E-state index in [0.717, 1.165) is 30.3 Å². The predicted molar refractivity (Wildman–Crippen MR) is 147 cm³/mol. The molecule has 10 nitrogen and oxygen atoms in total. The minimum absolute atomic E-state index is 0.0743. The van der Waals surface area contributed by atoms with E-state index >= 15 is 0 Å². The average molecular weight is 597 g/mol. The number of alkyl halides is 2. The smallest absolute Gasteiger partial charge is 0.276 e. The minimum atomic E-state index is -3.00. The lowest BCUT2D eigenvalue weighted by molar-refractivity contribution is -0.118. The van der Waals surface area contributed by atoms with Gasteiger partial charge in [0.15, 0.2) is 5.82 Å². The number of anilines is 2. The van der Waals surface area contributed by atoms with Gasteiger partial charge in [0.2, 0.25) is 11.9 Å². The zero-order valence-corrected chi connectivity index (χ0v) is 23.4. The van der Waals surface area contributed by atoms with Gasteiger partial charge in [-0.05, 0) is 39.2 Å². The molecule has 4 heterocycles. The summed E-state index contributed by atoms with van der Waals surface area (Å²) in [6.45, 7) is 5.89. The standard InChI is InChI=1S/C28H24ClF3N8O2/c1-12-19(8-34-28(36-12)39-10-15-6-18(15)27(39)42)14(3)40-11-16(7-35-40)37-26(41)24-13(2)33-9-21(38-24)22-17(25(31)32)4-5-20(29)23(22)30/h4-5,7-9,11,14-15,18,25H,6,10H2,1-3H3,(H,37,41)/t14-,15?,18?/m0/s1. The van der Waals surface area contributed by atoms with Crippen LogP contribution < -0.4 is 10.2 Å². The van der Waals surface area contributed by atoms with E-state index in [1.165, 1.54) is 13.1 Å². The van der Waals surface area contributed by atoms with Crippen molar-refractivity contribution in [1.29, 1.82) is 0 Å². The van der Waals surface area contributed by atoms with E-state index in [0.29, 0.717) is 29.8 Å². The fourth-order valence-corrected chi connectivity index (χ4v) is 5.36. The average Bonchev–Trinajstić information content (AvgIpc) is 3.45. The van der Waals surface area contributed by atoms with Crippen LogP contribution in [0.3, 0.4) is 0 Å². The van der Waals surface area contributed by atoms with Gasteiger partial charge in [-0.15, -0.1) is 0 Å². The fourth-order valence-electron chi connectivity index (χ4n) is 5.20. The number of hydrogen-bond donors (Lipinski definition) is 1. The topological polar surface area (TPSA) is 119 Å². The number of carbonyl (C=O) groups excluding carboxylic acids is 2. The van der Waals surface area contributed by atoms with Gasteiger partial charge in [-0.3, -0.25) is 24.2 Å². The Morgan fingerprint density at radius 3 is 2.57 bits per heavy atom. The van der Waals surface area contributed by atoms with Crippen molar-refractivity contribution in [2.75, 3.05) is 16.8 Å². The molecule has 14 heteroatoms. The lowest BCUT2D eigenvalue weighted by atomic mass is 10.0. The van der Waals surface area contributed by atoms with Gasteiger partial charge in [0.1, 0.15) is 5.69 Å². The Labute approximate surface area is 243 Å². The Morgan fingerprint density at radius 2 is 1.88 bits per heavy atom. The van der Waals surface area contributed by atoms with Gasteiger partial charge in [-0.1, -0.05) is 17.7 Å². The maximum atomic E-state index is 14.8. The summed E-state index contributed by atoms with van der Waals surface area (Å²) in [6.07, 6.45) is 3.77. The third kappa shape index (κ3) is 4.87. The predicted octanol–water partition coefficient (Wildman–Crippen LogP) is 5.32. The van der Waals surface area contributed by atoms with E-state index in [4.69, 9.17) is 11.6 Å². The Balaban J connectivity index is 1.21. The summed E-state index contributed by atoms with van der Waals surface area (Å²) in [5.41, 5.74) is 0.449. The van der Waals surface area contributed by atoms with Gasteiger partial charge in [-0.2, -0.15) is 5.10 Å². The Hall–Kier alpha value is -4.39. The molecule has 1 aliphatic heterocycles. The van der Waals surface area contributed by atoms with Gasteiger partial charge in [0.25, 0.3) is 12.3 Å². The number of carbonyl (C=O) groups is 2. The molecule has 1 aliphatic carbocycles. The fraction of sp³-hybridized carbons (Fsp3) is 0.321. The molecule has 2 aliphatic rings. The molecule has 4 aromatic rings. The van der Waals surface area contributed by atoms with Gasteiger partial charge in [-0.25, -0.2) is 28.1 Å². The molecular weight excluding hydrogens is 573 g/mol. The SMILES string of the molecule is Cc1nc(N2CC3CC3C2=O)ncc1[C@H](C)n1cc(NC(=O)c2nc(-c3c(C(F)F)ccc(Cl)c3F)cnc2C)cn1. The molecule has 3 aromatic heterocycles. The molecule has 1 saturated heterocycles. The van der Waals surface area contributed by atoms with Gasteiger partial charge >= 0.3 is 0 Å². The second-order valence-electron chi connectivity index (χ2n) is 10.4. The number of nitrogens with one attached hydrogen (secondary N) is 1. The number of rotatable bonds is 7. The number of aromatic nitrogens is 6. The summed E-state index contributed by atoms with van der Waals surface area (Å²) in [5, 5.41) is 6.66. The van der Waals surface area contributed by atoms with Crippen molar-refractivity contribution in [2.24, 2.45) is 11.8 Å². The zero-order chi connectivity index (χ0) is 29.9. The monoisotopic (exact) mass is 596 g/mol. The molecule has 2 amide bonds. The van der Waals surface area contributed by atoms with Crippen LogP contribution in [0, 0.1) is 31.5 Å². The molecule has 42 heavy (non-hydrogen) atoms. The molecular formula is C28H24ClF3N8O2. The van der Waals surface area contributed by atoms with E-state index < -0.39 is 29.3 Å². The van der Waals surface area contributed by atoms with Crippen LogP contribution in [-0.2, 0) is 4.79 Å². The third-order valence-corrected chi connectivity index (χ3v) is 7.96. The quantitative estimate of drug-likeness (QED) is 0.307. The first-order chi connectivity index (χ1) is 20.0. The first-order valence-corrected chi connectivity index (χ1v) is 13.5. The summed E-state index contributed by atoms with van der Waals surface area (Å²) in [5.74, 6) is -0.785. The van der Waals surface area contributed by atoms with Crippen molar-refractivity contribution in [1.82, 2.24) is 29.7 Å². The number of halogens is 4. The highest BCUT2D eigenvalue weighted by Crippen LogP contribution is 2.46. The highest BCUT2D eigenvalue weighted by Gasteiger charge is 2.53. The molecule has 6 rings (SSSR count). The van der Waals surface area contributed by atoms with Crippen LogP contribution in [0.1, 0.15) is 58.8 Å². The third-order valence-electron chi connectivity index (χ3n) is 7.66. The Morgan fingerprint density at radius 1 is 1.10 bits per heavy atom. The van der Waals surface area contributed by atoms with Gasteiger partial charge < -0.3 is 5.32 Å². The Bertz CT molecular complexity index is 1750. The van der Waals surface area contributed by atoms with Crippen LogP contribution >= 0.6 is 11.6 Å². The maximum absolute atomic E-state index is 14.8. The van der Waals surface area contributed by atoms with Crippen molar-refractivity contribution in [3.05, 3.63) is 76.0 Å². The second kappa shape index (κ2) is 10.5. The van der Waals surface area contributed by atoms with E-state index in [-0.39, 0.29) is 40.0 Å². The summed E-state index contributed by atoms with van der Waals surface area (Å²) >= 11 is 5.83. The highest BCUT2D eigenvalue weighted by molar-refractivity contribution is 6.31. The van der Waals surface area contributed by atoms with Crippen LogP contribution in [-0.4, -0.2) is 48.1 Å². The second-order valence-corrected chi connectivity index (χ2v) is 10.8. The number of fused-ring (bicyclic) bond motifs is 1. The molecule has 1 saturated carbocycles. The van der Waals surface area contributed by atoms with E-state index in [1.54, 1.807) is 22.0 Å². The number of amides is 2. The van der Waals surface area contributed by atoms with Crippen molar-refractivity contribution < 1.29 is 22.8 Å². The number of benzene rings is 1. The molecule has 0 bridgehead atoms. The highest BCUT2D eigenvalue weighted by atomic mass is 35.5. The molecule has 0 radical (unpaired) electrons. The number of nitrogens with zero attached hydrogens (tertiary/aromatic N) is 7. The molecule has 216 valence electrons. The van der Waals surface area contributed by atoms with E-state index in [1.807, 2.05) is 13.8 Å². The summed E-state index contributed by atoms with van der Waals surface area (Å²) in [6, 6.07) is 1.74. The van der Waals surface area contributed by atoms with Gasteiger partial charge in [0, 0.05) is 47.2 Å². The maximum Gasteiger partial charge on any atom is 0.276 e.